The summed E-state index contributed by atoms with van der Waals surface area (Å²) in [5.74, 6) is 0.837. The second-order valence-corrected chi connectivity index (χ2v) is 5.27. The molecule has 120 valence electrons. The maximum Gasteiger partial charge on any atom is 0.120 e. The number of nitriles is 1. The minimum atomic E-state index is 0.459. The largest absolute Gasteiger partial charge is 0.489 e. The van der Waals surface area contributed by atoms with Crippen molar-refractivity contribution in [3.63, 3.8) is 0 Å². The average Bonchev–Trinajstić information content (AvgIpc) is 2.60. The van der Waals surface area contributed by atoms with Crippen molar-refractivity contribution in [1.82, 2.24) is 5.32 Å². The summed E-state index contributed by atoms with van der Waals surface area (Å²) in [5.41, 5.74) is 2.83. The van der Waals surface area contributed by atoms with Crippen LogP contribution in [0.4, 0.5) is 0 Å². The fraction of sp³-hybridized carbons (Fsp3) is 0.316. The number of hydrogen-bond acceptors (Lipinski definition) is 4. The Bertz CT molecular complexity index is 650. The molecule has 4 heteroatoms. The molecule has 0 unspecified atom stereocenters. The molecule has 0 bridgehead atoms. The molecule has 0 aliphatic rings. The monoisotopic (exact) mass is 310 g/mol. The molecular formula is C19H22N2O2. The Morgan fingerprint density at radius 3 is 2.74 bits per heavy atom. The van der Waals surface area contributed by atoms with Crippen LogP contribution in [0.3, 0.4) is 0 Å². The van der Waals surface area contributed by atoms with Crippen molar-refractivity contribution in [3.8, 4) is 11.8 Å². The van der Waals surface area contributed by atoms with Crippen molar-refractivity contribution >= 4 is 0 Å². The lowest BCUT2D eigenvalue weighted by molar-refractivity contribution is 0.194. The van der Waals surface area contributed by atoms with Crippen molar-refractivity contribution in [1.29, 1.82) is 5.26 Å². The Morgan fingerprint density at radius 1 is 1.09 bits per heavy atom. The SMILES string of the molecule is COCCCNCc1cccc(OCc2cccc(C#N)c2)c1. The molecule has 0 saturated carbocycles. The molecule has 0 aromatic heterocycles. The highest BCUT2D eigenvalue weighted by Crippen LogP contribution is 2.15. The van der Waals surface area contributed by atoms with Crippen LogP contribution < -0.4 is 10.1 Å². The number of nitrogens with zero attached hydrogens (tertiary/aromatic N) is 1. The predicted octanol–water partition coefficient (Wildman–Crippen LogP) is 3.26. The number of methoxy groups -OCH3 is 1. The third-order valence-corrected chi connectivity index (χ3v) is 3.39. The van der Waals surface area contributed by atoms with E-state index in [-0.39, 0.29) is 0 Å². The molecule has 2 aromatic carbocycles. The van der Waals surface area contributed by atoms with E-state index in [4.69, 9.17) is 14.7 Å². The Balaban J connectivity index is 1.83. The van der Waals surface area contributed by atoms with E-state index in [2.05, 4.69) is 17.5 Å². The molecule has 2 rings (SSSR count). The van der Waals surface area contributed by atoms with E-state index in [9.17, 15) is 0 Å². The van der Waals surface area contributed by atoms with Crippen LogP contribution in [-0.2, 0) is 17.9 Å². The fourth-order valence-electron chi connectivity index (χ4n) is 2.22. The molecule has 0 heterocycles. The maximum absolute atomic E-state index is 8.91. The van der Waals surface area contributed by atoms with Gasteiger partial charge in [0.2, 0.25) is 0 Å². The Kier molecular flexibility index (Phi) is 7.12. The van der Waals surface area contributed by atoms with Gasteiger partial charge in [-0.25, -0.2) is 0 Å². The molecule has 0 atom stereocenters. The molecule has 4 nitrogen and oxygen atoms in total. The first-order valence-electron chi connectivity index (χ1n) is 7.72. The van der Waals surface area contributed by atoms with E-state index in [0.717, 1.165) is 37.4 Å². The molecule has 0 saturated heterocycles. The highest BCUT2D eigenvalue weighted by molar-refractivity contribution is 5.33. The number of nitrogens with one attached hydrogen (secondary N) is 1. The summed E-state index contributed by atoms with van der Waals surface area (Å²) in [5, 5.41) is 12.3. The number of rotatable bonds is 9. The zero-order valence-electron chi connectivity index (χ0n) is 13.4. The summed E-state index contributed by atoms with van der Waals surface area (Å²) < 4.78 is 10.8. The van der Waals surface area contributed by atoms with E-state index in [1.54, 1.807) is 13.2 Å². The Labute approximate surface area is 137 Å². The summed E-state index contributed by atoms with van der Waals surface area (Å²) in [6.07, 6.45) is 1.00. The van der Waals surface area contributed by atoms with Crippen LogP contribution in [0.5, 0.6) is 5.75 Å². The summed E-state index contributed by atoms with van der Waals surface area (Å²) >= 11 is 0. The van der Waals surface area contributed by atoms with E-state index in [1.807, 2.05) is 36.4 Å². The minimum Gasteiger partial charge on any atom is -0.489 e. The third-order valence-electron chi connectivity index (χ3n) is 3.39. The van der Waals surface area contributed by atoms with Crippen molar-refractivity contribution < 1.29 is 9.47 Å². The topological polar surface area (TPSA) is 54.3 Å². The van der Waals surface area contributed by atoms with Gasteiger partial charge in [-0.1, -0.05) is 24.3 Å². The summed E-state index contributed by atoms with van der Waals surface area (Å²) in [6, 6.07) is 17.7. The highest BCUT2D eigenvalue weighted by atomic mass is 16.5. The van der Waals surface area contributed by atoms with Crippen LogP contribution in [-0.4, -0.2) is 20.3 Å². The van der Waals surface area contributed by atoms with Gasteiger partial charge in [-0.15, -0.1) is 0 Å². The summed E-state index contributed by atoms with van der Waals surface area (Å²) in [7, 11) is 1.72. The molecule has 2 aromatic rings. The first-order valence-corrected chi connectivity index (χ1v) is 7.72. The van der Waals surface area contributed by atoms with Crippen LogP contribution in [0.15, 0.2) is 48.5 Å². The normalized spacial score (nSPS) is 10.3. The molecule has 0 aliphatic carbocycles. The van der Waals surface area contributed by atoms with Gasteiger partial charge < -0.3 is 14.8 Å². The predicted molar refractivity (Wildman–Crippen MR) is 90.1 cm³/mol. The third kappa shape index (κ3) is 6.11. The molecule has 0 fully saturated rings. The first-order chi connectivity index (χ1) is 11.3. The molecule has 23 heavy (non-hydrogen) atoms. The molecule has 0 spiro atoms. The Hall–Kier alpha value is -2.35. The quantitative estimate of drug-likeness (QED) is 0.722. The van der Waals surface area contributed by atoms with Gasteiger partial charge in [0.15, 0.2) is 0 Å². The van der Waals surface area contributed by atoms with E-state index in [1.165, 1.54) is 5.56 Å². The molecule has 1 N–H and O–H groups in total. The van der Waals surface area contributed by atoms with Crippen molar-refractivity contribution in [2.45, 2.75) is 19.6 Å². The first kappa shape index (κ1) is 17.0. The van der Waals surface area contributed by atoms with Gasteiger partial charge in [-0.05, 0) is 48.4 Å². The zero-order chi connectivity index (χ0) is 16.3. The molecular weight excluding hydrogens is 288 g/mol. The standard InChI is InChI=1S/C19H22N2O2/c1-22-10-4-9-21-14-17-6-3-8-19(12-17)23-15-18-7-2-5-16(11-18)13-20/h2-3,5-8,11-12,21H,4,9-10,14-15H2,1H3. The molecule has 0 amide bonds. The van der Waals surface area contributed by atoms with Gasteiger partial charge in [0.25, 0.3) is 0 Å². The lowest BCUT2D eigenvalue weighted by Gasteiger charge is -2.09. The van der Waals surface area contributed by atoms with Crippen LogP contribution >= 0.6 is 0 Å². The minimum absolute atomic E-state index is 0.459. The second kappa shape index (κ2) is 9.62. The zero-order valence-corrected chi connectivity index (χ0v) is 13.4. The second-order valence-electron chi connectivity index (χ2n) is 5.27. The lowest BCUT2D eigenvalue weighted by Crippen LogP contribution is -2.16. The van der Waals surface area contributed by atoms with Crippen LogP contribution in [0, 0.1) is 11.3 Å². The van der Waals surface area contributed by atoms with Crippen LogP contribution in [0.2, 0.25) is 0 Å². The smallest absolute Gasteiger partial charge is 0.120 e. The van der Waals surface area contributed by atoms with Gasteiger partial charge in [0.05, 0.1) is 11.6 Å². The lowest BCUT2D eigenvalue weighted by atomic mass is 10.1. The van der Waals surface area contributed by atoms with Crippen LogP contribution in [0.1, 0.15) is 23.1 Å². The number of benzene rings is 2. The van der Waals surface area contributed by atoms with Gasteiger partial charge in [0, 0.05) is 20.3 Å². The van der Waals surface area contributed by atoms with Gasteiger partial charge in [-0.3, -0.25) is 0 Å². The summed E-state index contributed by atoms with van der Waals surface area (Å²) in [4.78, 5) is 0. The average molecular weight is 310 g/mol. The van der Waals surface area contributed by atoms with E-state index < -0.39 is 0 Å². The number of ether oxygens (including phenoxy) is 2. The summed E-state index contributed by atoms with van der Waals surface area (Å²) in [6.45, 7) is 2.98. The number of hydrogen-bond donors (Lipinski definition) is 1. The van der Waals surface area contributed by atoms with E-state index in [0.29, 0.717) is 12.2 Å². The van der Waals surface area contributed by atoms with Gasteiger partial charge in [0.1, 0.15) is 12.4 Å². The maximum atomic E-state index is 8.91. The van der Waals surface area contributed by atoms with Gasteiger partial charge in [-0.2, -0.15) is 5.26 Å². The van der Waals surface area contributed by atoms with Crippen molar-refractivity contribution in [2.24, 2.45) is 0 Å². The van der Waals surface area contributed by atoms with Crippen molar-refractivity contribution in [2.75, 3.05) is 20.3 Å². The van der Waals surface area contributed by atoms with E-state index >= 15 is 0 Å². The Morgan fingerprint density at radius 2 is 1.91 bits per heavy atom. The van der Waals surface area contributed by atoms with Gasteiger partial charge >= 0.3 is 0 Å². The highest BCUT2D eigenvalue weighted by Gasteiger charge is 2.00. The molecule has 0 radical (unpaired) electrons. The van der Waals surface area contributed by atoms with Crippen LogP contribution in [0.25, 0.3) is 0 Å². The van der Waals surface area contributed by atoms with Crippen molar-refractivity contribution in [3.05, 3.63) is 65.2 Å². The molecule has 0 aliphatic heterocycles. The fourth-order valence-corrected chi connectivity index (χ4v) is 2.22.